The minimum Gasteiger partial charge on any atom is -0.386 e. The lowest BCUT2D eigenvalue weighted by atomic mass is 10.1. The zero-order valence-corrected chi connectivity index (χ0v) is 7.03. The highest BCUT2D eigenvalue weighted by atomic mass is 19.1. The summed E-state index contributed by atoms with van der Waals surface area (Å²) in [5, 5.41) is 2.80. The molecule has 1 N–H and O–H groups in total. The van der Waals surface area contributed by atoms with Gasteiger partial charge in [0.15, 0.2) is 0 Å². The molecule has 1 aromatic carbocycles. The number of rotatable bonds is 1. The molecule has 0 amide bonds. The van der Waals surface area contributed by atoms with Crippen LogP contribution in [0.5, 0.6) is 0 Å². The second kappa shape index (κ2) is 2.91. The molecule has 0 fully saturated rings. The van der Waals surface area contributed by atoms with Crippen LogP contribution in [0.15, 0.2) is 12.1 Å². The van der Waals surface area contributed by atoms with Gasteiger partial charge in [0, 0.05) is 7.05 Å². The number of benzene rings is 1. The van der Waals surface area contributed by atoms with Gasteiger partial charge in [-0.25, -0.2) is 4.39 Å². The van der Waals surface area contributed by atoms with Crippen molar-refractivity contribution >= 4 is 5.69 Å². The molecule has 11 heavy (non-hydrogen) atoms. The average molecular weight is 153 g/mol. The summed E-state index contributed by atoms with van der Waals surface area (Å²) in [6.45, 7) is 3.72. The highest BCUT2D eigenvalue weighted by Crippen LogP contribution is 2.18. The van der Waals surface area contributed by atoms with Crippen LogP contribution in [0.1, 0.15) is 11.1 Å². The Morgan fingerprint density at radius 3 is 2.45 bits per heavy atom. The SMILES string of the molecule is CNc1cc(C)cc(C)c1F. The van der Waals surface area contributed by atoms with Crippen LogP contribution in [-0.4, -0.2) is 7.05 Å². The van der Waals surface area contributed by atoms with E-state index < -0.39 is 0 Å². The van der Waals surface area contributed by atoms with Gasteiger partial charge in [-0.15, -0.1) is 0 Å². The van der Waals surface area contributed by atoms with Crippen LogP contribution in [0.25, 0.3) is 0 Å². The van der Waals surface area contributed by atoms with Crippen molar-refractivity contribution in [3.63, 3.8) is 0 Å². The summed E-state index contributed by atoms with van der Waals surface area (Å²) in [6.07, 6.45) is 0. The Kier molecular flexibility index (Phi) is 2.13. The quantitative estimate of drug-likeness (QED) is 0.653. The zero-order chi connectivity index (χ0) is 8.43. The normalized spacial score (nSPS) is 9.82. The van der Waals surface area contributed by atoms with Gasteiger partial charge in [-0.3, -0.25) is 0 Å². The van der Waals surface area contributed by atoms with Crippen molar-refractivity contribution in [1.82, 2.24) is 0 Å². The van der Waals surface area contributed by atoms with E-state index in [0.717, 1.165) is 5.56 Å². The fourth-order valence-electron chi connectivity index (χ4n) is 1.13. The van der Waals surface area contributed by atoms with Crippen LogP contribution in [-0.2, 0) is 0 Å². The Morgan fingerprint density at radius 2 is 1.91 bits per heavy atom. The van der Waals surface area contributed by atoms with Gasteiger partial charge in [-0.2, -0.15) is 0 Å². The molecule has 0 aromatic heterocycles. The molecule has 0 aliphatic heterocycles. The van der Waals surface area contributed by atoms with E-state index >= 15 is 0 Å². The molecule has 0 saturated heterocycles. The summed E-state index contributed by atoms with van der Waals surface area (Å²) in [7, 11) is 1.72. The zero-order valence-electron chi connectivity index (χ0n) is 7.03. The van der Waals surface area contributed by atoms with Crippen LogP contribution in [0, 0.1) is 19.7 Å². The minimum absolute atomic E-state index is 0.155. The van der Waals surface area contributed by atoms with Crippen LogP contribution < -0.4 is 5.32 Å². The first kappa shape index (κ1) is 8.05. The van der Waals surface area contributed by atoms with Gasteiger partial charge < -0.3 is 5.32 Å². The molecular weight excluding hydrogens is 141 g/mol. The van der Waals surface area contributed by atoms with E-state index in [-0.39, 0.29) is 5.82 Å². The fraction of sp³-hybridized carbons (Fsp3) is 0.333. The number of halogens is 1. The monoisotopic (exact) mass is 153 g/mol. The Morgan fingerprint density at radius 1 is 1.27 bits per heavy atom. The first-order chi connectivity index (χ1) is 5.15. The lowest BCUT2D eigenvalue weighted by Crippen LogP contribution is -1.95. The maximum atomic E-state index is 13.1. The van der Waals surface area contributed by atoms with Crippen molar-refractivity contribution in [3.8, 4) is 0 Å². The van der Waals surface area contributed by atoms with Crippen LogP contribution >= 0.6 is 0 Å². The highest BCUT2D eigenvalue weighted by molar-refractivity contribution is 5.49. The third kappa shape index (κ3) is 1.50. The van der Waals surface area contributed by atoms with E-state index in [9.17, 15) is 4.39 Å². The molecule has 0 bridgehead atoms. The Balaban J connectivity index is 3.24. The lowest BCUT2D eigenvalue weighted by Gasteiger charge is -2.05. The second-order valence-corrected chi connectivity index (χ2v) is 2.69. The molecule has 1 nitrogen and oxygen atoms in total. The van der Waals surface area contributed by atoms with Crippen LogP contribution in [0.3, 0.4) is 0 Å². The Labute approximate surface area is 66.2 Å². The second-order valence-electron chi connectivity index (χ2n) is 2.69. The first-order valence-corrected chi connectivity index (χ1v) is 3.59. The summed E-state index contributed by atoms with van der Waals surface area (Å²) in [4.78, 5) is 0. The van der Waals surface area contributed by atoms with E-state index in [2.05, 4.69) is 5.32 Å². The largest absolute Gasteiger partial charge is 0.386 e. The molecule has 1 rings (SSSR count). The topological polar surface area (TPSA) is 12.0 Å². The van der Waals surface area contributed by atoms with Crippen molar-refractivity contribution in [2.24, 2.45) is 0 Å². The lowest BCUT2D eigenvalue weighted by molar-refractivity contribution is 0.621. The molecular formula is C9H12FN. The van der Waals surface area contributed by atoms with E-state index in [1.807, 2.05) is 13.0 Å². The van der Waals surface area contributed by atoms with E-state index in [1.165, 1.54) is 0 Å². The van der Waals surface area contributed by atoms with Gasteiger partial charge in [0.1, 0.15) is 5.82 Å². The van der Waals surface area contributed by atoms with Gasteiger partial charge in [0.25, 0.3) is 0 Å². The summed E-state index contributed by atoms with van der Waals surface area (Å²) in [5.74, 6) is -0.155. The summed E-state index contributed by atoms with van der Waals surface area (Å²) in [5.41, 5.74) is 2.34. The third-order valence-corrected chi connectivity index (χ3v) is 1.67. The van der Waals surface area contributed by atoms with Crippen molar-refractivity contribution in [3.05, 3.63) is 29.1 Å². The number of hydrogen-bond donors (Lipinski definition) is 1. The molecule has 0 unspecified atom stereocenters. The molecule has 60 valence electrons. The predicted molar refractivity (Wildman–Crippen MR) is 45.4 cm³/mol. The predicted octanol–water partition coefficient (Wildman–Crippen LogP) is 2.48. The molecule has 0 atom stereocenters. The Hall–Kier alpha value is -1.05. The van der Waals surface area contributed by atoms with Crippen LogP contribution in [0.4, 0.5) is 10.1 Å². The van der Waals surface area contributed by atoms with Gasteiger partial charge in [-0.1, -0.05) is 6.07 Å². The van der Waals surface area contributed by atoms with Crippen molar-refractivity contribution in [2.75, 3.05) is 12.4 Å². The first-order valence-electron chi connectivity index (χ1n) is 3.59. The number of anilines is 1. The van der Waals surface area contributed by atoms with Crippen molar-refractivity contribution in [2.45, 2.75) is 13.8 Å². The summed E-state index contributed by atoms with van der Waals surface area (Å²) in [6, 6.07) is 3.62. The molecule has 0 heterocycles. The van der Waals surface area contributed by atoms with Crippen molar-refractivity contribution < 1.29 is 4.39 Å². The molecule has 2 heteroatoms. The van der Waals surface area contributed by atoms with Gasteiger partial charge in [0.05, 0.1) is 5.69 Å². The molecule has 0 saturated carbocycles. The van der Waals surface area contributed by atoms with Crippen molar-refractivity contribution in [1.29, 1.82) is 0 Å². The maximum Gasteiger partial charge on any atom is 0.149 e. The highest BCUT2D eigenvalue weighted by Gasteiger charge is 2.03. The van der Waals surface area contributed by atoms with Gasteiger partial charge >= 0.3 is 0 Å². The standard InChI is InChI=1S/C9H12FN/c1-6-4-7(2)9(10)8(5-6)11-3/h4-5,11H,1-3H3. The maximum absolute atomic E-state index is 13.1. The number of aryl methyl sites for hydroxylation is 2. The third-order valence-electron chi connectivity index (χ3n) is 1.67. The molecule has 1 aromatic rings. The molecule has 0 aliphatic carbocycles. The summed E-state index contributed by atoms with van der Waals surface area (Å²) < 4.78 is 13.1. The van der Waals surface area contributed by atoms with E-state index in [0.29, 0.717) is 11.3 Å². The molecule has 0 aliphatic rings. The average Bonchev–Trinajstić information content (AvgIpc) is 1.96. The fourth-order valence-corrected chi connectivity index (χ4v) is 1.13. The van der Waals surface area contributed by atoms with Gasteiger partial charge in [0.2, 0.25) is 0 Å². The number of hydrogen-bond acceptors (Lipinski definition) is 1. The van der Waals surface area contributed by atoms with E-state index in [4.69, 9.17) is 0 Å². The van der Waals surface area contributed by atoms with Crippen LogP contribution in [0.2, 0.25) is 0 Å². The summed E-state index contributed by atoms with van der Waals surface area (Å²) >= 11 is 0. The van der Waals surface area contributed by atoms with Gasteiger partial charge in [-0.05, 0) is 31.0 Å². The molecule has 0 spiro atoms. The number of nitrogens with one attached hydrogen (secondary N) is 1. The minimum atomic E-state index is -0.155. The van der Waals surface area contributed by atoms with E-state index in [1.54, 1.807) is 20.0 Å². The Bertz CT molecular complexity index is 269. The smallest absolute Gasteiger partial charge is 0.149 e. The molecule has 0 radical (unpaired) electrons.